The van der Waals surface area contributed by atoms with Crippen LogP contribution in [0.3, 0.4) is 0 Å². The molecule has 0 fully saturated rings. The van der Waals surface area contributed by atoms with Crippen molar-refractivity contribution in [3.63, 3.8) is 0 Å². The van der Waals surface area contributed by atoms with Crippen molar-refractivity contribution in [1.29, 1.82) is 5.53 Å². The Morgan fingerprint density at radius 1 is 0.432 bits per heavy atom. The van der Waals surface area contributed by atoms with Gasteiger partial charge in [-0.05, 0) is 0 Å². The Kier molecular flexibility index (Phi) is 6.97. The number of rotatable bonds is 0. The molecule has 44 heavy (non-hydrogen) atoms. The van der Waals surface area contributed by atoms with Crippen LogP contribution in [-0.2, 0) is 16.5 Å². The van der Waals surface area contributed by atoms with Crippen molar-refractivity contribution in [1.82, 2.24) is 39.9 Å². The molecule has 7 aromatic rings. The second-order valence-electron chi connectivity index (χ2n) is 9.92. The Bertz CT molecular complexity index is 2100. The molecule has 0 saturated carbocycles. The van der Waals surface area contributed by atoms with Gasteiger partial charge in [-0.25, -0.2) is 35.4 Å². The third-order valence-electron chi connectivity index (χ3n) is 7.46. The van der Waals surface area contributed by atoms with Gasteiger partial charge in [-0.2, -0.15) is 4.88 Å². The van der Waals surface area contributed by atoms with Crippen LogP contribution < -0.4 is 0 Å². The summed E-state index contributed by atoms with van der Waals surface area (Å²) in [5.74, 6) is 2.39. The van der Waals surface area contributed by atoms with Crippen LogP contribution in [0.25, 0.3) is 89.7 Å². The Labute approximate surface area is 262 Å². The predicted molar refractivity (Wildman–Crippen MR) is 171 cm³/mol. The molecule has 1 atom stereocenters. The monoisotopic (exact) mass is 634 g/mol. The second-order valence-corrected chi connectivity index (χ2v) is 10.2. The van der Waals surface area contributed by atoms with Crippen molar-refractivity contribution in [2.45, 2.75) is 0 Å². The van der Waals surface area contributed by atoms with Crippen LogP contribution in [0, 0.1) is 5.53 Å². The molecule has 1 unspecified atom stereocenters. The SMILES string of the molecule is N=NP.[Ni].c1ccc2c(c1)-c1nc-2nc2[nH]c(nc3nc(nc4[nH]c(n1)c1ccccc41)-c1ccccc1-3)c1ccccc21. The van der Waals surface area contributed by atoms with Gasteiger partial charge >= 0.3 is 0 Å². The van der Waals surface area contributed by atoms with Gasteiger partial charge in [-0.3, -0.25) is 0 Å². The van der Waals surface area contributed by atoms with E-state index in [1.165, 1.54) is 0 Å². The van der Waals surface area contributed by atoms with Crippen molar-refractivity contribution in [2.75, 3.05) is 0 Å². The summed E-state index contributed by atoms with van der Waals surface area (Å²) in [6, 6.07) is 32.2. The fraction of sp³-hybridized carbons (Fsp3) is 0. The van der Waals surface area contributed by atoms with Crippen LogP contribution in [0.15, 0.2) is 102 Å². The van der Waals surface area contributed by atoms with Gasteiger partial charge in [0.05, 0.1) is 0 Å². The molecule has 10 nitrogen and oxygen atoms in total. The first-order chi connectivity index (χ1) is 21.2. The Hall–Kier alpha value is -5.24. The van der Waals surface area contributed by atoms with Crippen LogP contribution in [0.2, 0.25) is 0 Å². The number of nitrogens with zero attached hydrogens (tertiary/aromatic N) is 7. The maximum Gasteiger partial charge on any atom is 0.164 e. The number of aromatic nitrogens is 8. The van der Waals surface area contributed by atoms with Crippen LogP contribution >= 0.6 is 9.39 Å². The molecule has 0 saturated heterocycles. The minimum Gasteiger partial charge on any atom is -0.324 e. The first-order valence-corrected chi connectivity index (χ1v) is 14.0. The summed E-state index contributed by atoms with van der Waals surface area (Å²) < 4.78 is 0. The average molecular weight is 635 g/mol. The molecule has 0 spiro atoms. The maximum absolute atomic E-state index is 5.80. The number of hydrogen-bond acceptors (Lipinski definition) is 8. The number of fused-ring (bicyclic) bond motifs is 20. The van der Waals surface area contributed by atoms with E-state index in [4.69, 9.17) is 35.4 Å². The minimum atomic E-state index is 0. The summed E-state index contributed by atoms with van der Waals surface area (Å²) >= 11 is 0. The number of hydrogen-bond donors (Lipinski definition) is 3. The van der Waals surface area contributed by atoms with Crippen LogP contribution in [0.5, 0.6) is 0 Å². The number of H-pyrrole nitrogens is 2. The van der Waals surface area contributed by atoms with Crippen LogP contribution in [0.4, 0.5) is 0 Å². The van der Waals surface area contributed by atoms with E-state index >= 15 is 0 Å². The Morgan fingerprint density at radius 3 is 0.909 bits per heavy atom. The molecule has 0 aliphatic carbocycles. The van der Waals surface area contributed by atoms with E-state index in [0.29, 0.717) is 45.9 Å². The minimum absolute atomic E-state index is 0. The van der Waals surface area contributed by atoms with Gasteiger partial charge in [0.1, 0.15) is 22.6 Å². The summed E-state index contributed by atoms with van der Waals surface area (Å²) in [5.41, 5.74) is 12.2. The molecule has 3 N–H and O–H groups in total. The van der Waals surface area contributed by atoms with Crippen molar-refractivity contribution in [3.05, 3.63) is 97.1 Å². The first kappa shape index (κ1) is 27.6. The van der Waals surface area contributed by atoms with E-state index in [9.17, 15) is 0 Å². The Morgan fingerprint density at radius 2 is 0.659 bits per heavy atom. The predicted octanol–water partition coefficient (Wildman–Crippen LogP) is 7.67. The van der Waals surface area contributed by atoms with Gasteiger partial charge in [-0.1, -0.05) is 97.1 Å². The zero-order chi connectivity index (χ0) is 28.9. The van der Waals surface area contributed by atoms with Crippen molar-refractivity contribution in [2.24, 2.45) is 4.88 Å². The molecule has 2 aliphatic heterocycles. The largest absolute Gasteiger partial charge is 0.324 e. The zero-order valence-electron chi connectivity index (χ0n) is 22.8. The van der Waals surface area contributed by atoms with E-state index in [2.05, 4.69) is 14.9 Å². The Balaban J connectivity index is 0.000000753. The number of benzene rings is 4. The molecule has 0 amide bonds. The summed E-state index contributed by atoms with van der Waals surface area (Å²) in [7, 11) is 1.87. The molecule has 8 bridgehead atoms. The van der Waals surface area contributed by atoms with Crippen molar-refractivity contribution >= 4 is 53.5 Å². The molecule has 2 aliphatic rings. The average Bonchev–Trinajstić information content (AvgIpc) is 3.77. The van der Waals surface area contributed by atoms with Gasteiger partial charge in [0.15, 0.2) is 23.3 Å². The van der Waals surface area contributed by atoms with Crippen LogP contribution in [0.1, 0.15) is 0 Å². The van der Waals surface area contributed by atoms with Crippen molar-refractivity contribution in [3.8, 4) is 45.6 Å². The molecule has 9 rings (SSSR count). The fourth-order valence-corrected chi connectivity index (χ4v) is 5.59. The molecule has 5 heterocycles. The molecular weight excluding hydrogens is 614 g/mol. The quantitative estimate of drug-likeness (QED) is 0.0886. The number of aromatic amines is 2. The molecule has 12 heteroatoms. The van der Waals surface area contributed by atoms with Gasteiger partial charge in [-0.15, -0.1) is 0 Å². The van der Waals surface area contributed by atoms with E-state index < -0.39 is 0 Å². The molecule has 0 radical (unpaired) electrons. The molecule has 3 aromatic heterocycles. The van der Waals surface area contributed by atoms with E-state index in [1.54, 1.807) is 0 Å². The van der Waals surface area contributed by atoms with E-state index in [1.807, 2.05) is 106 Å². The van der Waals surface area contributed by atoms with E-state index in [-0.39, 0.29) is 16.5 Å². The van der Waals surface area contributed by atoms with Crippen LogP contribution in [-0.4, -0.2) is 39.9 Å². The van der Waals surface area contributed by atoms with Gasteiger partial charge in [0, 0.05) is 69.7 Å². The summed E-state index contributed by atoms with van der Waals surface area (Å²) in [6.07, 6.45) is 0. The summed E-state index contributed by atoms with van der Waals surface area (Å²) in [6.45, 7) is 0. The van der Waals surface area contributed by atoms with E-state index in [0.717, 1.165) is 43.8 Å². The van der Waals surface area contributed by atoms with Gasteiger partial charge in [0.25, 0.3) is 0 Å². The molecule has 4 aromatic carbocycles. The maximum atomic E-state index is 5.80. The van der Waals surface area contributed by atoms with Crippen molar-refractivity contribution < 1.29 is 16.5 Å². The van der Waals surface area contributed by atoms with Gasteiger partial charge in [0.2, 0.25) is 0 Å². The fourth-order valence-electron chi connectivity index (χ4n) is 5.59. The standard InChI is InChI=1S/C32H18N8.H3N2P.Ni/c1-2-10-18-17(9-1)25-33-26(18)38-28-21-13-5-6-14-22(21)30(35-28)40-32-24-16-8-7-15-23(24)31(36-32)39-29-20-12-4-3-11-19(20)27(34-29)37-25;1-2-3;/h1-16H,(H2,33,34,35,36,37,38,39,40);1H,3H2;. The first-order valence-electron chi connectivity index (χ1n) is 13.5. The summed E-state index contributed by atoms with van der Waals surface area (Å²) in [5, 5.41) is 3.82. The normalized spacial score (nSPS) is 11.2. The topological polar surface area (TPSA) is 145 Å². The summed E-state index contributed by atoms with van der Waals surface area (Å²) in [4.78, 5) is 39.4. The smallest absolute Gasteiger partial charge is 0.164 e. The zero-order valence-corrected chi connectivity index (χ0v) is 24.9. The van der Waals surface area contributed by atoms with Gasteiger partial charge < -0.3 is 9.97 Å². The second kappa shape index (κ2) is 11.1. The third kappa shape index (κ3) is 4.45. The third-order valence-corrected chi connectivity index (χ3v) is 7.46. The number of nitrogens with one attached hydrogen (secondary N) is 3. The molecular formula is C32H21N10NiP. The molecule has 214 valence electrons.